The number of aromatic carboxylic acids is 1. The van der Waals surface area contributed by atoms with Crippen LogP contribution in [0.15, 0.2) is 71.5 Å². The molecule has 0 aliphatic rings. The summed E-state index contributed by atoms with van der Waals surface area (Å²) in [6.45, 7) is 5.93. The van der Waals surface area contributed by atoms with Crippen LogP contribution in [0.1, 0.15) is 40.3 Å². The summed E-state index contributed by atoms with van der Waals surface area (Å²) in [5, 5.41) is 13.7. The zero-order valence-electron chi connectivity index (χ0n) is 19.9. The smallest absolute Gasteiger partial charge is 0.335 e. The predicted molar refractivity (Wildman–Crippen MR) is 134 cm³/mol. The van der Waals surface area contributed by atoms with E-state index in [1.54, 1.807) is 25.3 Å². The zero-order chi connectivity index (χ0) is 24.7. The second-order valence-corrected chi connectivity index (χ2v) is 8.55. The van der Waals surface area contributed by atoms with E-state index >= 15 is 0 Å². The average molecular weight is 468 g/mol. The highest BCUT2D eigenvalue weighted by molar-refractivity contribution is 5.98. The summed E-state index contributed by atoms with van der Waals surface area (Å²) in [4.78, 5) is 16.6. The number of hydrogen-bond donors (Lipinski definition) is 1. The van der Waals surface area contributed by atoms with Crippen molar-refractivity contribution >= 4 is 17.0 Å². The Bertz CT molecular complexity index is 1530. The fourth-order valence-electron chi connectivity index (χ4n) is 4.62. The third-order valence-electron chi connectivity index (χ3n) is 6.43. The van der Waals surface area contributed by atoms with Gasteiger partial charge in [-0.2, -0.15) is 0 Å². The van der Waals surface area contributed by atoms with Crippen molar-refractivity contribution in [1.82, 2.24) is 14.7 Å². The molecule has 0 aliphatic heterocycles. The number of nitrogens with zero attached hydrogens (tertiary/aromatic N) is 3. The van der Waals surface area contributed by atoms with Gasteiger partial charge in [0.15, 0.2) is 0 Å². The molecule has 35 heavy (non-hydrogen) atoms. The molecule has 7 nitrogen and oxygen atoms in total. The Balaban J connectivity index is 1.79. The Morgan fingerprint density at radius 1 is 1.09 bits per heavy atom. The number of carbonyl (C=O) groups is 1. The molecule has 0 amide bonds. The van der Waals surface area contributed by atoms with Crippen LogP contribution in [0.3, 0.4) is 0 Å². The number of benzene rings is 2. The molecule has 0 fully saturated rings. The summed E-state index contributed by atoms with van der Waals surface area (Å²) in [6.07, 6.45) is 3.83. The number of pyridine rings is 1. The molecular formula is C28H25N3O4. The lowest BCUT2D eigenvalue weighted by atomic mass is 10.0. The van der Waals surface area contributed by atoms with Crippen LogP contribution in [-0.2, 0) is 0 Å². The highest BCUT2D eigenvalue weighted by Gasteiger charge is 2.22. The van der Waals surface area contributed by atoms with E-state index in [2.05, 4.69) is 34.8 Å². The molecule has 176 valence electrons. The monoisotopic (exact) mass is 467 g/mol. The lowest BCUT2D eigenvalue weighted by Crippen LogP contribution is -2.05. The first-order valence-electron chi connectivity index (χ1n) is 11.3. The number of aromatic nitrogens is 3. The molecule has 1 unspecified atom stereocenters. The summed E-state index contributed by atoms with van der Waals surface area (Å²) in [5.41, 5.74) is 7.10. The fraction of sp³-hybridized carbons (Fsp3) is 0.179. The van der Waals surface area contributed by atoms with Gasteiger partial charge >= 0.3 is 5.97 Å². The van der Waals surface area contributed by atoms with Gasteiger partial charge in [-0.25, -0.2) is 4.79 Å². The van der Waals surface area contributed by atoms with E-state index in [0.717, 1.165) is 44.7 Å². The van der Waals surface area contributed by atoms with Gasteiger partial charge in [-0.1, -0.05) is 35.5 Å². The minimum atomic E-state index is -0.996. The Hall–Kier alpha value is -4.39. The van der Waals surface area contributed by atoms with Crippen LogP contribution >= 0.6 is 0 Å². The molecule has 1 atom stereocenters. The van der Waals surface area contributed by atoms with Crippen LogP contribution in [0.5, 0.6) is 5.75 Å². The van der Waals surface area contributed by atoms with Crippen LogP contribution in [0.4, 0.5) is 0 Å². The maximum Gasteiger partial charge on any atom is 0.335 e. The SMILES string of the molecule is COc1ccc(C(=O)O)cc1-c1cn(C(C)c2ccccc2)c2cc(-c3c(C)noc3C)cnc12. The first kappa shape index (κ1) is 22.4. The molecule has 7 heteroatoms. The Morgan fingerprint density at radius 3 is 2.51 bits per heavy atom. The summed E-state index contributed by atoms with van der Waals surface area (Å²) < 4.78 is 13.2. The van der Waals surface area contributed by atoms with E-state index in [-0.39, 0.29) is 11.6 Å². The third kappa shape index (κ3) is 3.85. The Labute approximate surface area is 202 Å². The van der Waals surface area contributed by atoms with Crippen molar-refractivity contribution in [3.63, 3.8) is 0 Å². The van der Waals surface area contributed by atoms with E-state index in [4.69, 9.17) is 14.2 Å². The lowest BCUT2D eigenvalue weighted by molar-refractivity contribution is 0.0697. The molecule has 2 aromatic carbocycles. The van der Waals surface area contributed by atoms with Crippen molar-refractivity contribution < 1.29 is 19.2 Å². The van der Waals surface area contributed by atoms with Gasteiger partial charge < -0.3 is 18.9 Å². The second kappa shape index (κ2) is 8.76. The number of hydrogen-bond acceptors (Lipinski definition) is 5. The number of fused-ring (bicyclic) bond motifs is 1. The largest absolute Gasteiger partial charge is 0.496 e. The standard InChI is InChI=1S/C28H25N3O4/c1-16-26(18(3)35-30-16)21-13-24-27(29-14-21)23(15-31(24)17(2)19-8-6-5-7-9-19)22-12-20(28(32)33)10-11-25(22)34-4/h5-15,17H,1-4H3,(H,32,33). The minimum Gasteiger partial charge on any atom is -0.496 e. The normalized spacial score (nSPS) is 12.1. The molecule has 5 aromatic rings. The number of ether oxygens (including phenoxy) is 1. The highest BCUT2D eigenvalue weighted by Crippen LogP contribution is 2.40. The summed E-state index contributed by atoms with van der Waals surface area (Å²) >= 11 is 0. The Morgan fingerprint density at radius 2 is 1.86 bits per heavy atom. The van der Waals surface area contributed by atoms with Crippen molar-refractivity contribution in [3.05, 3.63) is 89.6 Å². The van der Waals surface area contributed by atoms with Crippen LogP contribution in [0, 0.1) is 13.8 Å². The summed E-state index contributed by atoms with van der Waals surface area (Å²) in [7, 11) is 1.58. The van der Waals surface area contributed by atoms with Crippen LogP contribution in [0.2, 0.25) is 0 Å². The maximum atomic E-state index is 11.7. The van der Waals surface area contributed by atoms with Crippen molar-refractivity contribution in [3.8, 4) is 28.0 Å². The summed E-state index contributed by atoms with van der Waals surface area (Å²) in [6, 6.07) is 17.2. The second-order valence-electron chi connectivity index (χ2n) is 8.55. The molecule has 0 radical (unpaired) electrons. The van der Waals surface area contributed by atoms with Gasteiger partial charge in [0.25, 0.3) is 0 Å². The van der Waals surface area contributed by atoms with Gasteiger partial charge in [0.2, 0.25) is 0 Å². The topological polar surface area (TPSA) is 90.4 Å². The van der Waals surface area contributed by atoms with Crippen LogP contribution < -0.4 is 4.74 Å². The Kier molecular flexibility index (Phi) is 5.61. The fourth-order valence-corrected chi connectivity index (χ4v) is 4.62. The quantitative estimate of drug-likeness (QED) is 0.316. The van der Waals surface area contributed by atoms with E-state index in [1.807, 2.05) is 44.4 Å². The minimum absolute atomic E-state index is 0.00261. The molecule has 0 bridgehead atoms. The number of carboxylic acid groups (broad SMARTS) is 1. The van der Waals surface area contributed by atoms with E-state index < -0.39 is 5.97 Å². The first-order valence-corrected chi connectivity index (χ1v) is 11.3. The summed E-state index contributed by atoms with van der Waals surface area (Å²) in [5.74, 6) is 0.316. The van der Waals surface area contributed by atoms with Crippen molar-refractivity contribution in [2.45, 2.75) is 26.8 Å². The lowest BCUT2D eigenvalue weighted by Gasteiger charge is -2.16. The third-order valence-corrected chi connectivity index (χ3v) is 6.43. The molecular weight excluding hydrogens is 442 g/mol. The van der Waals surface area contributed by atoms with E-state index in [9.17, 15) is 9.90 Å². The molecule has 0 saturated heterocycles. The maximum absolute atomic E-state index is 11.7. The zero-order valence-corrected chi connectivity index (χ0v) is 19.9. The number of carboxylic acids is 1. The predicted octanol–water partition coefficient (Wildman–Crippen LogP) is 6.29. The molecule has 3 aromatic heterocycles. The molecule has 0 aliphatic carbocycles. The van der Waals surface area contributed by atoms with Gasteiger partial charge in [0, 0.05) is 34.6 Å². The molecule has 1 N–H and O–H groups in total. The van der Waals surface area contributed by atoms with Gasteiger partial charge in [-0.05, 0) is 50.6 Å². The van der Waals surface area contributed by atoms with Gasteiger partial charge in [0.1, 0.15) is 11.5 Å². The van der Waals surface area contributed by atoms with Crippen LogP contribution in [-0.4, -0.2) is 32.9 Å². The number of methoxy groups -OCH3 is 1. The molecule has 5 rings (SSSR count). The molecule has 0 saturated carbocycles. The van der Waals surface area contributed by atoms with Gasteiger partial charge in [-0.3, -0.25) is 4.98 Å². The molecule has 3 heterocycles. The van der Waals surface area contributed by atoms with Crippen molar-refractivity contribution in [1.29, 1.82) is 0 Å². The average Bonchev–Trinajstić information content (AvgIpc) is 3.42. The van der Waals surface area contributed by atoms with Crippen molar-refractivity contribution in [2.75, 3.05) is 7.11 Å². The van der Waals surface area contributed by atoms with Gasteiger partial charge in [0.05, 0.1) is 35.4 Å². The van der Waals surface area contributed by atoms with Crippen molar-refractivity contribution in [2.24, 2.45) is 0 Å². The molecule has 0 spiro atoms. The van der Waals surface area contributed by atoms with Gasteiger partial charge in [-0.15, -0.1) is 0 Å². The number of rotatable bonds is 6. The number of aryl methyl sites for hydroxylation is 2. The highest BCUT2D eigenvalue weighted by atomic mass is 16.5. The van der Waals surface area contributed by atoms with E-state index in [0.29, 0.717) is 11.3 Å². The van der Waals surface area contributed by atoms with Crippen LogP contribution in [0.25, 0.3) is 33.3 Å². The first-order chi connectivity index (χ1) is 16.9. The van der Waals surface area contributed by atoms with E-state index in [1.165, 1.54) is 0 Å².